The van der Waals surface area contributed by atoms with Crippen molar-refractivity contribution in [2.24, 2.45) is 0 Å². The van der Waals surface area contributed by atoms with E-state index in [1.807, 2.05) is 36.4 Å². The molecule has 0 unspecified atom stereocenters. The van der Waals surface area contributed by atoms with Gasteiger partial charge in [-0.2, -0.15) is 0 Å². The SMILES string of the molecule is CNC(=O)c1c(-c2ccc(F)cc2)oc2cc(NOC)c(-c3ccc4nnn(Cc5ccccc5)c(=O)c4c3)cc12. The molecule has 9 nitrogen and oxygen atoms in total. The number of aromatic nitrogens is 3. The van der Waals surface area contributed by atoms with Crippen molar-refractivity contribution in [3.63, 3.8) is 0 Å². The van der Waals surface area contributed by atoms with E-state index < -0.39 is 5.82 Å². The van der Waals surface area contributed by atoms with Crippen LogP contribution in [0.25, 0.3) is 44.3 Å². The highest BCUT2D eigenvalue weighted by Gasteiger charge is 2.24. The summed E-state index contributed by atoms with van der Waals surface area (Å²) in [6.45, 7) is 0.284. The van der Waals surface area contributed by atoms with E-state index in [-0.39, 0.29) is 18.0 Å². The van der Waals surface area contributed by atoms with Crippen LogP contribution >= 0.6 is 0 Å². The lowest BCUT2D eigenvalue weighted by Crippen LogP contribution is -2.24. The minimum Gasteiger partial charge on any atom is -0.455 e. The molecule has 4 aromatic carbocycles. The second kappa shape index (κ2) is 10.7. The van der Waals surface area contributed by atoms with Crippen LogP contribution in [0.2, 0.25) is 0 Å². The molecule has 10 heteroatoms. The fourth-order valence-electron chi connectivity index (χ4n) is 4.83. The van der Waals surface area contributed by atoms with Crippen molar-refractivity contribution in [3.8, 4) is 22.5 Å². The largest absolute Gasteiger partial charge is 0.455 e. The molecule has 0 aliphatic rings. The predicted molar refractivity (Wildman–Crippen MR) is 154 cm³/mol. The summed E-state index contributed by atoms with van der Waals surface area (Å²) in [6, 6.07) is 24.1. The van der Waals surface area contributed by atoms with Gasteiger partial charge < -0.3 is 9.73 Å². The number of benzene rings is 4. The lowest BCUT2D eigenvalue weighted by molar-refractivity contribution is 0.0964. The van der Waals surface area contributed by atoms with Crippen LogP contribution in [-0.2, 0) is 11.4 Å². The number of anilines is 1. The predicted octanol–water partition coefficient (Wildman–Crippen LogP) is 5.39. The van der Waals surface area contributed by atoms with E-state index in [4.69, 9.17) is 9.25 Å². The van der Waals surface area contributed by atoms with Gasteiger partial charge in [-0.3, -0.25) is 19.9 Å². The highest BCUT2D eigenvalue weighted by atomic mass is 19.1. The third-order valence-corrected chi connectivity index (χ3v) is 6.81. The van der Waals surface area contributed by atoms with Gasteiger partial charge in [0.15, 0.2) is 0 Å². The van der Waals surface area contributed by atoms with Crippen LogP contribution in [0.5, 0.6) is 0 Å². The minimum atomic E-state index is -0.399. The fourth-order valence-corrected chi connectivity index (χ4v) is 4.83. The fraction of sp³-hybridized carbons (Fsp3) is 0.0968. The molecular weight excluding hydrogens is 525 g/mol. The van der Waals surface area contributed by atoms with Crippen LogP contribution in [0.4, 0.5) is 10.1 Å². The van der Waals surface area contributed by atoms with Gasteiger partial charge >= 0.3 is 0 Å². The van der Waals surface area contributed by atoms with E-state index in [0.717, 1.165) is 5.56 Å². The van der Waals surface area contributed by atoms with Crippen molar-refractivity contribution in [2.75, 3.05) is 19.6 Å². The maximum absolute atomic E-state index is 13.6. The van der Waals surface area contributed by atoms with Gasteiger partial charge in [0, 0.05) is 29.6 Å². The Morgan fingerprint density at radius 1 is 0.976 bits per heavy atom. The zero-order chi connectivity index (χ0) is 28.5. The number of carbonyl (C=O) groups is 1. The third kappa shape index (κ3) is 4.81. The van der Waals surface area contributed by atoms with E-state index in [9.17, 15) is 14.0 Å². The first-order valence-electron chi connectivity index (χ1n) is 12.8. The van der Waals surface area contributed by atoms with E-state index in [1.54, 1.807) is 36.4 Å². The van der Waals surface area contributed by atoms with Gasteiger partial charge in [-0.15, -0.1) is 5.10 Å². The summed E-state index contributed by atoms with van der Waals surface area (Å²) < 4.78 is 21.1. The van der Waals surface area contributed by atoms with Crippen LogP contribution in [0.15, 0.2) is 94.1 Å². The first kappa shape index (κ1) is 25.9. The Morgan fingerprint density at radius 2 is 1.73 bits per heavy atom. The lowest BCUT2D eigenvalue weighted by Gasteiger charge is -2.12. The number of carbonyl (C=O) groups excluding carboxylic acids is 1. The Kier molecular flexibility index (Phi) is 6.74. The Labute approximate surface area is 233 Å². The number of hydrogen-bond acceptors (Lipinski definition) is 7. The molecule has 0 aliphatic carbocycles. The molecular formula is C31H24FN5O4. The highest BCUT2D eigenvalue weighted by molar-refractivity contribution is 6.13. The van der Waals surface area contributed by atoms with Crippen LogP contribution in [-0.4, -0.2) is 35.1 Å². The molecule has 41 heavy (non-hydrogen) atoms. The Hall–Kier alpha value is -5.35. The van der Waals surface area contributed by atoms with E-state index in [1.165, 1.54) is 31.0 Å². The molecule has 0 saturated carbocycles. The summed E-state index contributed by atoms with van der Waals surface area (Å²) in [6.07, 6.45) is 0. The molecule has 0 atom stereocenters. The number of hydrogen-bond donors (Lipinski definition) is 2. The molecule has 0 saturated heterocycles. The van der Waals surface area contributed by atoms with Crippen LogP contribution in [0.1, 0.15) is 15.9 Å². The molecule has 0 radical (unpaired) electrons. The normalized spacial score (nSPS) is 11.2. The maximum atomic E-state index is 13.6. The monoisotopic (exact) mass is 549 g/mol. The molecule has 2 heterocycles. The topological polar surface area (TPSA) is 111 Å². The second-order valence-corrected chi connectivity index (χ2v) is 9.36. The molecule has 2 aromatic heterocycles. The first-order valence-corrected chi connectivity index (χ1v) is 12.8. The van der Waals surface area contributed by atoms with Crippen molar-refractivity contribution in [1.82, 2.24) is 20.3 Å². The van der Waals surface area contributed by atoms with E-state index in [0.29, 0.717) is 55.6 Å². The average molecular weight is 550 g/mol. The zero-order valence-corrected chi connectivity index (χ0v) is 22.1. The van der Waals surface area contributed by atoms with Gasteiger partial charge in [-0.1, -0.05) is 41.6 Å². The zero-order valence-electron chi connectivity index (χ0n) is 22.1. The van der Waals surface area contributed by atoms with Crippen LogP contribution in [0.3, 0.4) is 0 Å². The summed E-state index contributed by atoms with van der Waals surface area (Å²) in [7, 11) is 3.01. The van der Waals surface area contributed by atoms with Crippen molar-refractivity contribution in [2.45, 2.75) is 6.54 Å². The Bertz CT molecular complexity index is 1970. The van der Waals surface area contributed by atoms with Crippen molar-refractivity contribution in [3.05, 3.63) is 112 Å². The Balaban J connectivity index is 1.53. The van der Waals surface area contributed by atoms with Gasteiger partial charge in [-0.05, 0) is 53.6 Å². The van der Waals surface area contributed by atoms with Gasteiger partial charge in [-0.25, -0.2) is 9.07 Å². The third-order valence-electron chi connectivity index (χ3n) is 6.81. The average Bonchev–Trinajstić information content (AvgIpc) is 3.37. The highest BCUT2D eigenvalue weighted by Crippen LogP contribution is 2.40. The van der Waals surface area contributed by atoms with Gasteiger partial charge in [0.1, 0.15) is 22.7 Å². The summed E-state index contributed by atoms with van der Waals surface area (Å²) in [5.74, 6) is -0.458. The quantitative estimate of drug-likeness (QED) is 0.257. The van der Waals surface area contributed by atoms with Crippen molar-refractivity contribution >= 4 is 33.5 Å². The standard InChI is InChI=1S/C31H24FN5O4/c1-33-30(38)28-24-15-22(26(35-40-2)16-27(24)41-29(28)19-8-11-21(32)12-9-19)20-10-13-25-23(14-20)31(39)37(36-34-25)17-18-6-4-3-5-7-18/h3-16,35H,17H2,1-2H3,(H,33,38). The smallest absolute Gasteiger partial charge is 0.277 e. The van der Waals surface area contributed by atoms with Gasteiger partial charge in [0.25, 0.3) is 11.5 Å². The number of amides is 1. The summed E-state index contributed by atoms with van der Waals surface area (Å²) in [5.41, 5.74) is 7.13. The van der Waals surface area contributed by atoms with E-state index in [2.05, 4.69) is 21.1 Å². The second-order valence-electron chi connectivity index (χ2n) is 9.36. The number of fused-ring (bicyclic) bond motifs is 2. The van der Waals surface area contributed by atoms with Gasteiger partial charge in [0.05, 0.1) is 30.3 Å². The summed E-state index contributed by atoms with van der Waals surface area (Å²) >= 11 is 0. The van der Waals surface area contributed by atoms with Gasteiger partial charge in [0.2, 0.25) is 0 Å². The molecule has 204 valence electrons. The number of rotatable bonds is 7. The summed E-state index contributed by atoms with van der Waals surface area (Å²) in [5, 5.41) is 12.0. The molecule has 0 aliphatic heterocycles. The molecule has 0 fully saturated rings. The number of nitrogens with one attached hydrogen (secondary N) is 2. The first-order chi connectivity index (χ1) is 20.0. The lowest BCUT2D eigenvalue weighted by atomic mass is 9.98. The number of halogens is 1. The molecule has 0 bridgehead atoms. The number of furan rings is 1. The maximum Gasteiger partial charge on any atom is 0.277 e. The van der Waals surface area contributed by atoms with Crippen LogP contribution in [0, 0.1) is 5.82 Å². The van der Waals surface area contributed by atoms with Crippen molar-refractivity contribution < 1.29 is 18.4 Å². The molecule has 6 aromatic rings. The minimum absolute atomic E-state index is 0.281. The molecule has 1 amide bonds. The number of nitrogens with zero attached hydrogens (tertiary/aromatic N) is 3. The van der Waals surface area contributed by atoms with Crippen LogP contribution < -0.4 is 16.4 Å². The molecule has 0 spiro atoms. The van der Waals surface area contributed by atoms with E-state index >= 15 is 0 Å². The molecule has 2 N–H and O–H groups in total. The Morgan fingerprint density at radius 3 is 2.46 bits per heavy atom. The molecule has 6 rings (SSSR count). The van der Waals surface area contributed by atoms with Crippen molar-refractivity contribution in [1.29, 1.82) is 0 Å². The summed E-state index contributed by atoms with van der Waals surface area (Å²) in [4.78, 5) is 31.7.